The lowest BCUT2D eigenvalue weighted by Gasteiger charge is -2.14. The van der Waals surface area contributed by atoms with Gasteiger partial charge in [0.15, 0.2) is 0 Å². The molecule has 1 heterocycles. The first kappa shape index (κ1) is 15.8. The minimum absolute atomic E-state index is 0.372. The van der Waals surface area contributed by atoms with Crippen molar-refractivity contribution in [3.8, 4) is 0 Å². The molecule has 1 aromatic rings. The molecule has 2 atom stereocenters. The van der Waals surface area contributed by atoms with E-state index in [0.717, 1.165) is 11.4 Å². The first-order chi connectivity index (χ1) is 8.15. The molecule has 17 heavy (non-hydrogen) atoms. The Morgan fingerprint density at radius 1 is 1.29 bits per heavy atom. The monoisotopic (exact) mass is 234 g/mol. The van der Waals surface area contributed by atoms with E-state index in [1.54, 1.807) is 0 Å². The Balaban J connectivity index is 0.00000121. The topological polar surface area (TPSA) is 25.2 Å². The van der Waals surface area contributed by atoms with Crippen molar-refractivity contribution in [3.05, 3.63) is 30.1 Å². The molecule has 0 bridgehead atoms. The van der Waals surface area contributed by atoms with Gasteiger partial charge in [-0.2, -0.15) is 0 Å². The number of hydrogen-bond donors (Lipinski definition) is 0. The molecule has 0 aliphatic carbocycles. The Morgan fingerprint density at radius 2 is 1.94 bits per heavy atom. The molecule has 0 saturated heterocycles. The van der Waals surface area contributed by atoms with E-state index in [1.165, 1.54) is 6.42 Å². The van der Waals surface area contributed by atoms with Crippen molar-refractivity contribution in [2.24, 2.45) is 10.9 Å². The van der Waals surface area contributed by atoms with Crippen LogP contribution in [-0.4, -0.2) is 16.7 Å². The molecule has 1 aromatic heterocycles. The van der Waals surface area contributed by atoms with Crippen LogP contribution in [0.4, 0.5) is 0 Å². The molecule has 0 fully saturated rings. The van der Waals surface area contributed by atoms with E-state index in [9.17, 15) is 0 Å². The van der Waals surface area contributed by atoms with Crippen LogP contribution in [-0.2, 0) is 0 Å². The second kappa shape index (κ2) is 8.91. The van der Waals surface area contributed by atoms with Crippen LogP contribution in [0.15, 0.2) is 29.4 Å². The van der Waals surface area contributed by atoms with Gasteiger partial charge < -0.3 is 0 Å². The van der Waals surface area contributed by atoms with Crippen LogP contribution in [0.25, 0.3) is 0 Å². The van der Waals surface area contributed by atoms with Gasteiger partial charge in [0.1, 0.15) is 0 Å². The van der Waals surface area contributed by atoms with Gasteiger partial charge in [0.05, 0.1) is 17.4 Å². The Hall–Kier alpha value is -1.18. The molecule has 0 radical (unpaired) electrons. The fraction of sp³-hybridized carbons (Fsp3) is 0.600. The molecular weight excluding hydrogens is 208 g/mol. The van der Waals surface area contributed by atoms with Gasteiger partial charge in [-0.25, -0.2) is 0 Å². The smallest absolute Gasteiger partial charge is 0.0837 e. The van der Waals surface area contributed by atoms with Gasteiger partial charge in [0.2, 0.25) is 0 Å². The number of aliphatic imine (C=N–C) groups is 1. The van der Waals surface area contributed by atoms with E-state index in [4.69, 9.17) is 0 Å². The predicted octanol–water partition coefficient (Wildman–Crippen LogP) is 4.35. The summed E-state index contributed by atoms with van der Waals surface area (Å²) in [6.07, 6.45) is 2.97. The van der Waals surface area contributed by atoms with Crippen molar-refractivity contribution in [2.45, 2.75) is 54.0 Å². The molecule has 0 saturated carbocycles. The maximum atomic E-state index is 4.67. The Morgan fingerprint density at radius 3 is 2.41 bits per heavy atom. The average Bonchev–Trinajstić information content (AvgIpc) is 2.40. The fourth-order valence-corrected chi connectivity index (χ4v) is 1.42. The van der Waals surface area contributed by atoms with E-state index in [1.807, 2.05) is 45.2 Å². The molecule has 0 aliphatic heterocycles. The standard InChI is InChI=1S/C13H20N2.C2H6/c1-5-10(2)11(3)15-12(4)13-8-6-7-9-14-13;1-2/h6-11H,5H2,1-4H3;1-2H3. The molecule has 0 aliphatic rings. The minimum atomic E-state index is 0.372. The summed E-state index contributed by atoms with van der Waals surface area (Å²) < 4.78 is 0. The number of rotatable bonds is 4. The van der Waals surface area contributed by atoms with E-state index in [2.05, 4.69) is 30.7 Å². The van der Waals surface area contributed by atoms with Crippen LogP contribution in [0.5, 0.6) is 0 Å². The van der Waals surface area contributed by atoms with Crippen LogP contribution in [0.1, 0.15) is 53.7 Å². The van der Waals surface area contributed by atoms with Gasteiger partial charge in [-0.1, -0.05) is 40.2 Å². The summed E-state index contributed by atoms with van der Waals surface area (Å²) in [5, 5.41) is 0. The molecular formula is C15H26N2. The molecule has 0 N–H and O–H groups in total. The highest BCUT2D eigenvalue weighted by Crippen LogP contribution is 2.11. The number of hydrogen-bond acceptors (Lipinski definition) is 2. The van der Waals surface area contributed by atoms with Gasteiger partial charge in [-0.15, -0.1) is 0 Å². The van der Waals surface area contributed by atoms with Gasteiger partial charge >= 0.3 is 0 Å². The molecule has 96 valence electrons. The molecule has 2 unspecified atom stereocenters. The van der Waals surface area contributed by atoms with Gasteiger partial charge in [-0.3, -0.25) is 9.98 Å². The van der Waals surface area contributed by atoms with Crippen molar-refractivity contribution in [3.63, 3.8) is 0 Å². The summed E-state index contributed by atoms with van der Waals surface area (Å²) in [5.74, 6) is 0.628. The van der Waals surface area contributed by atoms with Crippen molar-refractivity contribution in [2.75, 3.05) is 0 Å². The van der Waals surface area contributed by atoms with Crippen LogP contribution in [0, 0.1) is 5.92 Å². The predicted molar refractivity (Wildman–Crippen MR) is 76.7 cm³/mol. The van der Waals surface area contributed by atoms with Crippen LogP contribution in [0.3, 0.4) is 0 Å². The number of aromatic nitrogens is 1. The summed E-state index contributed by atoms with van der Waals surface area (Å²) in [6.45, 7) is 12.6. The molecule has 2 heteroatoms. The molecule has 0 spiro atoms. The first-order valence-electron chi connectivity index (χ1n) is 6.61. The number of pyridine rings is 1. The average molecular weight is 234 g/mol. The highest BCUT2D eigenvalue weighted by molar-refractivity contribution is 5.96. The van der Waals surface area contributed by atoms with Crippen molar-refractivity contribution in [1.29, 1.82) is 0 Å². The SMILES string of the molecule is CC.CCC(C)C(C)N=C(C)c1ccccn1. The molecule has 0 aromatic carbocycles. The fourth-order valence-electron chi connectivity index (χ4n) is 1.42. The van der Waals surface area contributed by atoms with Gasteiger partial charge in [0.25, 0.3) is 0 Å². The maximum absolute atomic E-state index is 4.67. The summed E-state index contributed by atoms with van der Waals surface area (Å²) >= 11 is 0. The normalized spacial score (nSPS) is 14.6. The summed E-state index contributed by atoms with van der Waals surface area (Å²) in [6, 6.07) is 6.30. The Bertz CT molecular complexity index is 317. The van der Waals surface area contributed by atoms with E-state index < -0.39 is 0 Å². The lowest BCUT2D eigenvalue weighted by molar-refractivity contribution is 0.472. The maximum Gasteiger partial charge on any atom is 0.0837 e. The highest BCUT2D eigenvalue weighted by Gasteiger charge is 2.09. The molecule has 1 rings (SSSR count). The zero-order valence-corrected chi connectivity index (χ0v) is 12.1. The molecule has 0 amide bonds. The second-order valence-electron chi connectivity index (χ2n) is 4.06. The minimum Gasteiger partial charge on any atom is -0.285 e. The third-order valence-corrected chi connectivity index (χ3v) is 2.90. The summed E-state index contributed by atoms with van der Waals surface area (Å²) in [4.78, 5) is 8.96. The lowest BCUT2D eigenvalue weighted by Crippen LogP contribution is -2.13. The summed E-state index contributed by atoms with van der Waals surface area (Å²) in [7, 11) is 0. The van der Waals surface area contributed by atoms with E-state index in [-0.39, 0.29) is 0 Å². The second-order valence-corrected chi connectivity index (χ2v) is 4.06. The zero-order valence-electron chi connectivity index (χ0n) is 12.1. The third kappa shape index (κ3) is 5.62. The first-order valence-corrected chi connectivity index (χ1v) is 6.61. The van der Waals surface area contributed by atoms with Gasteiger partial charge in [-0.05, 0) is 31.9 Å². The quantitative estimate of drug-likeness (QED) is 0.711. The van der Waals surface area contributed by atoms with Crippen LogP contribution in [0.2, 0.25) is 0 Å². The molecule has 2 nitrogen and oxygen atoms in total. The van der Waals surface area contributed by atoms with Crippen LogP contribution >= 0.6 is 0 Å². The van der Waals surface area contributed by atoms with Crippen LogP contribution < -0.4 is 0 Å². The Kier molecular flexibility index (Phi) is 8.29. The van der Waals surface area contributed by atoms with E-state index >= 15 is 0 Å². The Labute approximate surface area is 106 Å². The van der Waals surface area contributed by atoms with Crippen molar-refractivity contribution >= 4 is 5.71 Å². The summed E-state index contributed by atoms with van der Waals surface area (Å²) in [5.41, 5.74) is 2.01. The lowest BCUT2D eigenvalue weighted by atomic mass is 10.0. The van der Waals surface area contributed by atoms with Crippen molar-refractivity contribution < 1.29 is 0 Å². The zero-order chi connectivity index (χ0) is 13.3. The van der Waals surface area contributed by atoms with E-state index in [0.29, 0.717) is 12.0 Å². The van der Waals surface area contributed by atoms with Crippen molar-refractivity contribution in [1.82, 2.24) is 4.98 Å². The highest BCUT2D eigenvalue weighted by atomic mass is 14.8. The van der Waals surface area contributed by atoms with Gasteiger partial charge in [0, 0.05) is 6.20 Å². The number of nitrogens with zero attached hydrogens (tertiary/aromatic N) is 2. The third-order valence-electron chi connectivity index (χ3n) is 2.90. The largest absolute Gasteiger partial charge is 0.285 e.